The van der Waals surface area contributed by atoms with Gasteiger partial charge in [-0.1, -0.05) is 72.8 Å². The highest BCUT2D eigenvalue weighted by Crippen LogP contribution is 2.49. The molecule has 2 aliphatic rings. The molecule has 2 nitrogen and oxygen atoms in total. The zero-order valence-electron chi connectivity index (χ0n) is 19.4. The van der Waals surface area contributed by atoms with Gasteiger partial charge in [-0.05, 0) is 51.9 Å². The van der Waals surface area contributed by atoms with Crippen molar-refractivity contribution in [1.29, 1.82) is 0 Å². The molecule has 0 saturated carbocycles. The van der Waals surface area contributed by atoms with E-state index in [2.05, 4.69) is 119 Å². The van der Waals surface area contributed by atoms with Crippen molar-refractivity contribution in [3.8, 4) is 0 Å². The first-order valence-corrected chi connectivity index (χ1v) is 14.1. The molecule has 2 aliphatic heterocycles. The summed E-state index contributed by atoms with van der Waals surface area (Å²) in [6.07, 6.45) is 0. The van der Waals surface area contributed by atoms with Crippen molar-refractivity contribution in [2.75, 3.05) is 21.6 Å². The second kappa shape index (κ2) is 7.95. The van der Waals surface area contributed by atoms with E-state index in [-0.39, 0.29) is 0 Å². The van der Waals surface area contributed by atoms with Crippen LogP contribution in [-0.4, -0.2) is 11.8 Å². The molecule has 0 unspecified atom stereocenters. The number of benzene rings is 6. The van der Waals surface area contributed by atoms with Gasteiger partial charge in [-0.15, -0.1) is 23.5 Å². The molecule has 0 saturated heterocycles. The fourth-order valence-electron chi connectivity index (χ4n) is 5.53. The van der Waals surface area contributed by atoms with Gasteiger partial charge in [-0.25, -0.2) is 0 Å². The van der Waals surface area contributed by atoms with Gasteiger partial charge in [0, 0.05) is 32.3 Å². The van der Waals surface area contributed by atoms with Gasteiger partial charge in [0.2, 0.25) is 0 Å². The Morgan fingerprint density at radius 1 is 0.556 bits per heavy atom. The average Bonchev–Trinajstić information content (AvgIpc) is 3.58. The van der Waals surface area contributed by atoms with Gasteiger partial charge >= 0.3 is 0 Å². The van der Waals surface area contributed by atoms with E-state index in [1.54, 1.807) is 0 Å². The molecule has 0 aromatic heterocycles. The molecular weight excluding hydrogens is 477 g/mol. The number of fused-ring (bicyclic) bond motifs is 7. The highest BCUT2D eigenvalue weighted by Gasteiger charge is 2.25. The van der Waals surface area contributed by atoms with Crippen LogP contribution in [0.25, 0.3) is 32.3 Å². The normalized spacial score (nSPS) is 14.7. The zero-order valence-corrected chi connectivity index (χ0v) is 21.1. The number of anilines is 4. The van der Waals surface area contributed by atoms with Crippen molar-refractivity contribution in [2.24, 2.45) is 0 Å². The number of hydrogen-bond donors (Lipinski definition) is 0. The second-order valence-electron chi connectivity index (χ2n) is 9.28. The molecule has 2 heterocycles. The smallest absolute Gasteiger partial charge is 0.0736 e. The maximum Gasteiger partial charge on any atom is 0.0736 e. The lowest BCUT2D eigenvalue weighted by molar-refractivity contribution is 1.19. The molecule has 0 atom stereocenters. The van der Waals surface area contributed by atoms with Crippen molar-refractivity contribution in [2.45, 2.75) is 9.79 Å². The monoisotopic (exact) mass is 497 g/mol. The van der Waals surface area contributed by atoms with Crippen LogP contribution in [-0.2, 0) is 0 Å². The number of hydrogen-bond acceptors (Lipinski definition) is 4. The first-order valence-electron chi connectivity index (χ1n) is 12.1. The number of nitrogens with zero attached hydrogens (tertiary/aromatic N) is 2. The molecule has 0 N–H and O–H groups in total. The Balaban J connectivity index is 1.20. The van der Waals surface area contributed by atoms with Gasteiger partial charge in [0.1, 0.15) is 0 Å². The SMILES string of the molecule is [c]1c(N2CSc3ccc4ccccc4c32)ccc2cc(N3CSc4ccc5ccccc5c43)ccc12. The quantitative estimate of drug-likeness (QED) is 0.235. The van der Waals surface area contributed by atoms with Crippen LogP contribution in [0, 0.1) is 6.07 Å². The maximum atomic E-state index is 3.73. The van der Waals surface area contributed by atoms with Crippen molar-refractivity contribution in [3.05, 3.63) is 109 Å². The minimum atomic E-state index is 0.915. The van der Waals surface area contributed by atoms with Gasteiger partial charge < -0.3 is 9.80 Å². The first kappa shape index (κ1) is 20.6. The highest BCUT2D eigenvalue weighted by atomic mass is 32.2. The van der Waals surface area contributed by atoms with Crippen LogP contribution < -0.4 is 9.80 Å². The maximum absolute atomic E-state index is 3.73. The van der Waals surface area contributed by atoms with E-state index in [4.69, 9.17) is 0 Å². The Labute approximate surface area is 218 Å². The van der Waals surface area contributed by atoms with Crippen LogP contribution in [0.2, 0.25) is 0 Å². The summed E-state index contributed by atoms with van der Waals surface area (Å²) in [7, 11) is 0. The van der Waals surface area contributed by atoms with E-state index in [9.17, 15) is 0 Å². The molecule has 0 aliphatic carbocycles. The van der Waals surface area contributed by atoms with Gasteiger partial charge in [0.15, 0.2) is 0 Å². The third-order valence-corrected chi connectivity index (χ3v) is 9.34. The predicted octanol–water partition coefficient (Wildman–Crippen LogP) is 9.35. The van der Waals surface area contributed by atoms with Crippen LogP contribution in [0.3, 0.4) is 0 Å². The van der Waals surface area contributed by atoms with Crippen molar-refractivity contribution in [3.63, 3.8) is 0 Å². The molecule has 4 heteroatoms. The summed E-state index contributed by atoms with van der Waals surface area (Å²) in [4.78, 5) is 7.56. The van der Waals surface area contributed by atoms with Crippen LogP contribution in [0.15, 0.2) is 113 Å². The highest BCUT2D eigenvalue weighted by molar-refractivity contribution is 8.00. The third-order valence-electron chi connectivity index (χ3n) is 7.29. The first-order chi connectivity index (χ1) is 17.8. The summed E-state index contributed by atoms with van der Waals surface area (Å²) >= 11 is 3.82. The molecule has 8 rings (SSSR count). The molecule has 0 amide bonds. The lowest BCUT2D eigenvalue weighted by Crippen LogP contribution is -2.12. The van der Waals surface area contributed by atoms with E-state index in [0.717, 1.165) is 22.8 Å². The summed E-state index contributed by atoms with van der Waals surface area (Å²) in [5.74, 6) is 1.85. The molecule has 6 aromatic rings. The van der Waals surface area contributed by atoms with E-state index < -0.39 is 0 Å². The molecular formula is C32H21N2S2. The molecule has 171 valence electrons. The Kier molecular flexibility index (Phi) is 4.55. The molecule has 0 spiro atoms. The summed E-state index contributed by atoms with van der Waals surface area (Å²) in [5.41, 5.74) is 5.00. The second-order valence-corrected chi connectivity index (χ2v) is 11.3. The molecule has 0 bridgehead atoms. The summed E-state index contributed by atoms with van der Waals surface area (Å²) in [6.45, 7) is 0. The van der Waals surface area contributed by atoms with Crippen LogP contribution >= 0.6 is 23.5 Å². The Bertz CT molecular complexity index is 1690. The fraction of sp³-hybridized carbons (Fsp3) is 0.0625. The molecule has 0 fully saturated rings. The Morgan fingerprint density at radius 2 is 1.17 bits per heavy atom. The minimum Gasteiger partial charge on any atom is -0.330 e. The van der Waals surface area contributed by atoms with Gasteiger partial charge in [-0.2, -0.15) is 0 Å². The molecule has 1 radical (unpaired) electrons. The van der Waals surface area contributed by atoms with Gasteiger partial charge in [-0.3, -0.25) is 0 Å². The van der Waals surface area contributed by atoms with Crippen molar-refractivity contribution in [1.82, 2.24) is 0 Å². The minimum absolute atomic E-state index is 0.915. The molecule has 36 heavy (non-hydrogen) atoms. The predicted molar refractivity (Wildman–Crippen MR) is 156 cm³/mol. The number of rotatable bonds is 2. The molecule has 6 aromatic carbocycles. The third kappa shape index (κ3) is 3.08. The standard InChI is InChI=1S/C32H21N2S2/c1-3-7-27-21(5-1)11-15-29-31(27)33(19-35-29)25-13-9-24-18-26(14-10-23(24)17-25)34-20-36-30-16-12-22-6-2-4-8-28(22)32(30)34/h1-17H,19-20H2. The summed E-state index contributed by atoms with van der Waals surface area (Å²) in [6, 6.07) is 41.4. The van der Waals surface area contributed by atoms with E-state index >= 15 is 0 Å². The van der Waals surface area contributed by atoms with Crippen molar-refractivity contribution >= 4 is 78.6 Å². The van der Waals surface area contributed by atoms with E-state index in [1.807, 2.05) is 23.5 Å². The Morgan fingerprint density at radius 3 is 1.89 bits per heavy atom. The van der Waals surface area contributed by atoms with Gasteiger partial charge in [0.05, 0.1) is 28.8 Å². The van der Waals surface area contributed by atoms with Gasteiger partial charge in [0.25, 0.3) is 0 Å². The van der Waals surface area contributed by atoms with Crippen molar-refractivity contribution < 1.29 is 0 Å². The Hall–Kier alpha value is -3.60. The largest absolute Gasteiger partial charge is 0.330 e. The topological polar surface area (TPSA) is 6.48 Å². The zero-order chi connectivity index (χ0) is 23.6. The van der Waals surface area contributed by atoms with Crippen LogP contribution in [0.4, 0.5) is 22.7 Å². The lowest BCUT2D eigenvalue weighted by atomic mass is 10.0. The number of thioether (sulfide) groups is 2. The van der Waals surface area contributed by atoms with Crippen LogP contribution in [0.5, 0.6) is 0 Å². The summed E-state index contributed by atoms with van der Waals surface area (Å²) < 4.78 is 0. The fourth-order valence-corrected chi connectivity index (χ4v) is 7.65. The van der Waals surface area contributed by atoms with E-state index in [0.29, 0.717) is 0 Å². The lowest BCUT2D eigenvalue weighted by Gasteiger charge is -2.22. The van der Waals surface area contributed by atoms with Crippen LogP contribution in [0.1, 0.15) is 0 Å². The summed E-state index contributed by atoms with van der Waals surface area (Å²) in [5, 5.41) is 7.57. The average molecular weight is 498 g/mol. The van der Waals surface area contributed by atoms with E-state index in [1.165, 1.54) is 53.8 Å².